The maximum Gasteiger partial charge on any atom is 0.294 e. The summed E-state index contributed by atoms with van der Waals surface area (Å²) >= 11 is 6.95. The van der Waals surface area contributed by atoms with Crippen LogP contribution in [0.3, 0.4) is 0 Å². The SMILES string of the molecule is O=[N+]([O-])c1cc(Cl)c(F)cc1NCC(O)c1ccsc1. The van der Waals surface area contributed by atoms with Gasteiger partial charge in [-0.1, -0.05) is 11.6 Å². The first kappa shape index (κ1) is 14.7. The number of nitrogens with one attached hydrogen (secondary N) is 1. The Morgan fingerprint density at radius 2 is 2.30 bits per heavy atom. The monoisotopic (exact) mass is 316 g/mol. The Kier molecular flexibility index (Phi) is 4.53. The molecule has 1 unspecified atom stereocenters. The number of thiophene rings is 1. The average Bonchev–Trinajstić information content (AvgIpc) is 2.93. The lowest BCUT2D eigenvalue weighted by Gasteiger charge is -2.12. The predicted molar refractivity (Wildman–Crippen MR) is 75.8 cm³/mol. The van der Waals surface area contributed by atoms with Crippen molar-refractivity contribution in [2.24, 2.45) is 0 Å². The molecular weight excluding hydrogens is 307 g/mol. The van der Waals surface area contributed by atoms with Crippen LogP contribution in [-0.2, 0) is 0 Å². The molecule has 8 heteroatoms. The third-order valence-corrected chi connectivity index (χ3v) is 3.64. The molecule has 20 heavy (non-hydrogen) atoms. The van der Waals surface area contributed by atoms with E-state index in [1.165, 1.54) is 11.3 Å². The minimum Gasteiger partial charge on any atom is -0.387 e. The van der Waals surface area contributed by atoms with E-state index in [-0.39, 0.29) is 22.9 Å². The van der Waals surface area contributed by atoms with Crippen LogP contribution in [0.1, 0.15) is 11.7 Å². The lowest BCUT2D eigenvalue weighted by Crippen LogP contribution is -2.12. The van der Waals surface area contributed by atoms with Crippen LogP contribution < -0.4 is 5.32 Å². The fourth-order valence-corrected chi connectivity index (χ4v) is 2.48. The van der Waals surface area contributed by atoms with Crippen molar-refractivity contribution in [3.8, 4) is 0 Å². The first-order valence-electron chi connectivity index (χ1n) is 5.56. The van der Waals surface area contributed by atoms with E-state index < -0.39 is 16.8 Å². The van der Waals surface area contributed by atoms with E-state index in [1.54, 1.807) is 11.4 Å². The minimum absolute atomic E-state index is 0.0221. The minimum atomic E-state index is -0.834. The van der Waals surface area contributed by atoms with Crippen molar-refractivity contribution in [2.45, 2.75) is 6.10 Å². The number of nitrogens with zero attached hydrogens (tertiary/aromatic N) is 1. The Hall–Kier alpha value is -1.70. The van der Waals surface area contributed by atoms with Crippen LogP contribution in [0, 0.1) is 15.9 Å². The van der Waals surface area contributed by atoms with Gasteiger partial charge in [-0.15, -0.1) is 0 Å². The second-order valence-electron chi connectivity index (χ2n) is 3.99. The van der Waals surface area contributed by atoms with Gasteiger partial charge in [-0.05, 0) is 22.4 Å². The Morgan fingerprint density at radius 1 is 1.55 bits per heavy atom. The largest absolute Gasteiger partial charge is 0.387 e. The van der Waals surface area contributed by atoms with E-state index in [0.717, 1.165) is 12.1 Å². The summed E-state index contributed by atoms with van der Waals surface area (Å²) in [5.41, 5.74) is 0.333. The highest BCUT2D eigenvalue weighted by Gasteiger charge is 2.18. The number of benzene rings is 1. The van der Waals surface area contributed by atoms with E-state index >= 15 is 0 Å². The number of nitro benzene ring substituents is 1. The first-order chi connectivity index (χ1) is 9.49. The van der Waals surface area contributed by atoms with Gasteiger partial charge in [0.1, 0.15) is 11.5 Å². The number of aliphatic hydroxyl groups is 1. The highest BCUT2D eigenvalue weighted by Crippen LogP contribution is 2.30. The summed E-state index contributed by atoms with van der Waals surface area (Å²) in [6.45, 7) is 0.0264. The van der Waals surface area contributed by atoms with Crippen LogP contribution in [0.15, 0.2) is 29.0 Å². The van der Waals surface area contributed by atoms with Crippen LogP contribution >= 0.6 is 22.9 Å². The van der Waals surface area contributed by atoms with E-state index in [2.05, 4.69) is 5.32 Å². The highest BCUT2D eigenvalue weighted by atomic mass is 35.5. The number of anilines is 1. The fourth-order valence-electron chi connectivity index (χ4n) is 1.62. The van der Waals surface area contributed by atoms with Gasteiger partial charge in [-0.3, -0.25) is 10.1 Å². The quantitative estimate of drug-likeness (QED) is 0.653. The molecule has 0 aliphatic heterocycles. The van der Waals surface area contributed by atoms with Gasteiger partial charge in [0, 0.05) is 18.7 Å². The fraction of sp³-hybridized carbons (Fsp3) is 0.167. The van der Waals surface area contributed by atoms with Gasteiger partial charge in [0.05, 0.1) is 16.0 Å². The Labute approximate surface area is 122 Å². The van der Waals surface area contributed by atoms with Gasteiger partial charge in [-0.25, -0.2) is 4.39 Å². The molecule has 0 aliphatic rings. The number of hydrogen-bond acceptors (Lipinski definition) is 5. The lowest BCUT2D eigenvalue weighted by atomic mass is 10.2. The van der Waals surface area contributed by atoms with Crippen LogP contribution in [0.2, 0.25) is 5.02 Å². The molecule has 2 aromatic rings. The summed E-state index contributed by atoms with van der Waals surface area (Å²) in [6, 6.07) is 3.63. The van der Waals surface area contributed by atoms with Gasteiger partial charge in [0.25, 0.3) is 5.69 Å². The average molecular weight is 317 g/mol. The second kappa shape index (κ2) is 6.17. The predicted octanol–water partition coefficient (Wildman–Crippen LogP) is 3.59. The van der Waals surface area contributed by atoms with Crippen molar-refractivity contribution in [1.82, 2.24) is 0 Å². The molecule has 0 radical (unpaired) electrons. The number of nitro groups is 1. The molecular formula is C12H10ClFN2O3S. The van der Waals surface area contributed by atoms with Gasteiger partial charge in [0.15, 0.2) is 0 Å². The van der Waals surface area contributed by atoms with Gasteiger partial charge in [0.2, 0.25) is 0 Å². The molecule has 0 aliphatic carbocycles. The molecule has 0 spiro atoms. The van der Waals surface area contributed by atoms with E-state index in [4.69, 9.17) is 11.6 Å². The van der Waals surface area contributed by atoms with E-state index in [0.29, 0.717) is 5.56 Å². The summed E-state index contributed by atoms with van der Waals surface area (Å²) in [4.78, 5) is 10.2. The maximum atomic E-state index is 13.4. The van der Waals surface area contributed by atoms with Crippen molar-refractivity contribution in [3.05, 3.63) is 55.5 Å². The van der Waals surface area contributed by atoms with E-state index in [1.807, 2.05) is 5.38 Å². The van der Waals surface area contributed by atoms with Crippen molar-refractivity contribution in [2.75, 3.05) is 11.9 Å². The van der Waals surface area contributed by atoms with Crippen molar-refractivity contribution >= 4 is 34.3 Å². The van der Waals surface area contributed by atoms with Crippen LogP contribution in [0.4, 0.5) is 15.8 Å². The molecule has 2 rings (SSSR count). The summed E-state index contributed by atoms with van der Waals surface area (Å²) in [6.07, 6.45) is -0.834. The number of rotatable bonds is 5. The molecule has 1 heterocycles. The zero-order valence-corrected chi connectivity index (χ0v) is 11.6. The zero-order chi connectivity index (χ0) is 14.7. The van der Waals surface area contributed by atoms with Crippen LogP contribution in [0.25, 0.3) is 0 Å². The first-order valence-corrected chi connectivity index (χ1v) is 6.88. The molecule has 106 valence electrons. The molecule has 1 atom stereocenters. The molecule has 0 fully saturated rings. The van der Waals surface area contributed by atoms with Crippen LogP contribution in [0.5, 0.6) is 0 Å². The highest BCUT2D eigenvalue weighted by molar-refractivity contribution is 7.07. The van der Waals surface area contributed by atoms with Crippen molar-refractivity contribution in [3.63, 3.8) is 0 Å². The molecule has 0 amide bonds. The summed E-state index contributed by atoms with van der Waals surface area (Å²) in [5.74, 6) is -0.759. The molecule has 1 aromatic heterocycles. The maximum absolute atomic E-state index is 13.4. The number of halogens is 2. The molecule has 2 N–H and O–H groups in total. The number of aliphatic hydroxyl groups excluding tert-OH is 1. The van der Waals surface area contributed by atoms with Crippen molar-refractivity contribution in [1.29, 1.82) is 0 Å². The van der Waals surface area contributed by atoms with Crippen LogP contribution in [-0.4, -0.2) is 16.6 Å². The Morgan fingerprint density at radius 3 is 2.90 bits per heavy atom. The second-order valence-corrected chi connectivity index (χ2v) is 5.18. The summed E-state index contributed by atoms with van der Waals surface area (Å²) in [7, 11) is 0. The van der Waals surface area contributed by atoms with Gasteiger partial charge >= 0.3 is 0 Å². The van der Waals surface area contributed by atoms with Crippen molar-refractivity contribution < 1.29 is 14.4 Å². The topological polar surface area (TPSA) is 75.4 Å². The lowest BCUT2D eigenvalue weighted by molar-refractivity contribution is -0.384. The molecule has 5 nitrogen and oxygen atoms in total. The third kappa shape index (κ3) is 3.24. The zero-order valence-electron chi connectivity index (χ0n) is 10.0. The Bertz CT molecular complexity index is 621. The van der Waals surface area contributed by atoms with Gasteiger partial charge < -0.3 is 10.4 Å². The van der Waals surface area contributed by atoms with E-state index in [9.17, 15) is 19.6 Å². The van der Waals surface area contributed by atoms with Gasteiger partial charge in [-0.2, -0.15) is 11.3 Å². The third-order valence-electron chi connectivity index (χ3n) is 2.65. The molecule has 1 aromatic carbocycles. The number of hydrogen-bond donors (Lipinski definition) is 2. The normalized spacial score (nSPS) is 12.2. The summed E-state index contributed by atoms with van der Waals surface area (Å²) in [5, 5.41) is 26.7. The molecule has 0 bridgehead atoms. The summed E-state index contributed by atoms with van der Waals surface area (Å²) < 4.78 is 13.4. The molecule has 0 saturated heterocycles. The smallest absolute Gasteiger partial charge is 0.294 e. The Balaban J connectivity index is 2.16. The standard InChI is InChI=1S/C12H10ClFN2O3S/c13-8-3-11(16(18)19)10(4-9(8)14)15-5-12(17)7-1-2-20-6-7/h1-4,6,12,15,17H,5H2. The molecule has 0 saturated carbocycles.